The van der Waals surface area contributed by atoms with Gasteiger partial charge in [-0.3, -0.25) is 0 Å². The van der Waals surface area contributed by atoms with E-state index in [0.29, 0.717) is 6.54 Å². The second-order valence-electron chi connectivity index (χ2n) is 5.46. The van der Waals surface area contributed by atoms with Crippen molar-refractivity contribution in [3.63, 3.8) is 0 Å². The van der Waals surface area contributed by atoms with Gasteiger partial charge < -0.3 is 15.2 Å². The van der Waals surface area contributed by atoms with Gasteiger partial charge in [-0.2, -0.15) is 0 Å². The highest BCUT2D eigenvalue weighted by Gasteiger charge is 2.10. The molecule has 3 rings (SSSR count). The molecule has 0 unspecified atom stereocenters. The molecule has 3 aromatic rings. The molecule has 0 bridgehead atoms. The van der Waals surface area contributed by atoms with Gasteiger partial charge in [0.05, 0.1) is 23.9 Å². The topological polar surface area (TPSA) is 71.8 Å². The molecule has 0 spiro atoms. The molecule has 0 aliphatic carbocycles. The SMILES string of the molecule is Cc1ncc(CNC(=O)N[C@@H](C)c2cccc(-n3ccnc3)c2)s1. The van der Waals surface area contributed by atoms with Crippen molar-refractivity contribution >= 4 is 17.4 Å². The predicted molar refractivity (Wildman–Crippen MR) is 94.2 cm³/mol. The van der Waals surface area contributed by atoms with Gasteiger partial charge in [0, 0.05) is 29.2 Å². The first-order valence-corrected chi connectivity index (χ1v) is 8.47. The van der Waals surface area contributed by atoms with Crippen LogP contribution in [0.1, 0.15) is 28.4 Å². The number of carbonyl (C=O) groups excluding carboxylic acids is 1. The van der Waals surface area contributed by atoms with E-state index >= 15 is 0 Å². The lowest BCUT2D eigenvalue weighted by Crippen LogP contribution is -2.36. The van der Waals surface area contributed by atoms with E-state index in [2.05, 4.69) is 20.6 Å². The standard InChI is InChI=1S/C17H19N5OS/c1-12(21-17(23)20-10-16-9-19-13(2)24-16)14-4-3-5-15(8-14)22-7-6-18-11-22/h3-9,11-12H,10H2,1-2H3,(H2,20,21,23)/t12-/m0/s1. The fraction of sp³-hybridized carbons (Fsp3) is 0.235. The van der Waals surface area contributed by atoms with Crippen LogP contribution in [0.15, 0.2) is 49.2 Å². The molecular formula is C17H19N5OS. The van der Waals surface area contributed by atoms with Gasteiger partial charge in [0.15, 0.2) is 0 Å². The zero-order valence-electron chi connectivity index (χ0n) is 13.6. The molecule has 0 aliphatic heterocycles. The van der Waals surface area contributed by atoms with Gasteiger partial charge in [0.25, 0.3) is 0 Å². The Morgan fingerprint density at radius 2 is 2.29 bits per heavy atom. The molecule has 0 saturated carbocycles. The molecule has 0 saturated heterocycles. The van der Waals surface area contributed by atoms with Crippen LogP contribution in [0.4, 0.5) is 4.79 Å². The largest absolute Gasteiger partial charge is 0.333 e. The fourth-order valence-corrected chi connectivity index (χ4v) is 3.09. The summed E-state index contributed by atoms with van der Waals surface area (Å²) in [5.74, 6) is 0. The van der Waals surface area contributed by atoms with Gasteiger partial charge in [0.2, 0.25) is 0 Å². The summed E-state index contributed by atoms with van der Waals surface area (Å²) in [6, 6.07) is 7.72. The number of rotatable bonds is 5. The smallest absolute Gasteiger partial charge is 0.315 e. The summed E-state index contributed by atoms with van der Waals surface area (Å²) in [6.07, 6.45) is 7.17. The molecule has 2 aromatic heterocycles. The fourth-order valence-electron chi connectivity index (χ4n) is 2.35. The van der Waals surface area contributed by atoms with E-state index < -0.39 is 0 Å². The van der Waals surface area contributed by atoms with Crippen LogP contribution in [0.3, 0.4) is 0 Å². The normalized spacial score (nSPS) is 11.9. The van der Waals surface area contributed by atoms with Crippen LogP contribution in [0, 0.1) is 6.92 Å². The first-order chi connectivity index (χ1) is 11.6. The number of hydrogen-bond acceptors (Lipinski definition) is 4. The Labute approximate surface area is 144 Å². The number of thiazole rings is 1. The van der Waals surface area contributed by atoms with Crippen molar-refractivity contribution in [1.29, 1.82) is 0 Å². The molecule has 1 atom stereocenters. The third kappa shape index (κ3) is 3.99. The van der Waals surface area contributed by atoms with Gasteiger partial charge in [-0.25, -0.2) is 14.8 Å². The minimum absolute atomic E-state index is 0.100. The molecule has 2 N–H and O–H groups in total. The summed E-state index contributed by atoms with van der Waals surface area (Å²) >= 11 is 1.58. The van der Waals surface area contributed by atoms with E-state index in [4.69, 9.17) is 0 Å². The summed E-state index contributed by atoms with van der Waals surface area (Å²) in [5.41, 5.74) is 2.05. The van der Waals surface area contributed by atoms with Gasteiger partial charge >= 0.3 is 6.03 Å². The molecule has 24 heavy (non-hydrogen) atoms. The molecule has 124 valence electrons. The van der Waals surface area contributed by atoms with Crippen molar-refractivity contribution in [2.75, 3.05) is 0 Å². The van der Waals surface area contributed by atoms with Crippen molar-refractivity contribution in [2.24, 2.45) is 0 Å². The van der Waals surface area contributed by atoms with Crippen molar-refractivity contribution in [3.05, 3.63) is 64.6 Å². The Bertz CT molecular complexity index is 812. The zero-order valence-corrected chi connectivity index (χ0v) is 14.4. The molecule has 2 amide bonds. The molecule has 2 heterocycles. The number of nitrogens with one attached hydrogen (secondary N) is 2. The van der Waals surface area contributed by atoms with Crippen molar-refractivity contribution in [3.8, 4) is 5.69 Å². The summed E-state index contributed by atoms with van der Waals surface area (Å²) in [7, 11) is 0. The number of aromatic nitrogens is 3. The predicted octanol–water partition coefficient (Wildman–Crippen LogP) is 3.20. The first kappa shape index (κ1) is 16.2. The van der Waals surface area contributed by atoms with Crippen LogP contribution >= 0.6 is 11.3 Å². The number of urea groups is 1. The quantitative estimate of drug-likeness (QED) is 0.748. The van der Waals surface area contributed by atoms with Gasteiger partial charge in [-0.05, 0) is 31.5 Å². The lowest BCUT2D eigenvalue weighted by Gasteiger charge is -2.16. The van der Waals surface area contributed by atoms with Crippen molar-refractivity contribution in [2.45, 2.75) is 26.4 Å². The van der Waals surface area contributed by atoms with Crippen molar-refractivity contribution < 1.29 is 4.79 Å². The van der Waals surface area contributed by atoms with Crippen LogP contribution in [0.2, 0.25) is 0 Å². The van der Waals surface area contributed by atoms with E-state index in [0.717, 1.165) is 21.1 Å². The molecule has 0 fully saturated rings. The first-order valence-electron chi connectivity index (χ1n) is 7.66. The zero-order chi connectivity index (χ0) is 16.9. The number of nitrogens with zero attached hydrogens (tertiary/aromatic N) is 3. The van der Waals surface area contributed by atoms with Gasteiger partial charge in [-0.1, -0.05) is 12.1 Å². The Kier molecular flexibility index (Phi) is 4.90. The maximum absolute atomic E-state index is 12.1. The highest BCUT2D eigenvalue weighted by molar-refractivity contribution is 7.11. The summed E-state index contributed by atoms with van der Waals surface area (Å²) < 4.78 is 1.93. The molecule has 6 nitrogen and oxygen atoms in total. The Balaban J connectivity index is 1.59. The van der Waals surface area contributed by atoms with E-state index in [1.165, 1.54) is 0 Å². The van der Waals surface area contributed by atoms with E-state index in [1.54, 1.807) is 30.1 Å². The van der Waals surface area contributed by atoms with Crippen LogP contribution in [-0.2, 0) is 6.54 Å². The van der Waals surface area contributed by atoms with E-state index in [-0.39, 0.29) is 12.1 Å². The molecule has 7 heteroatoms. The molecular weight excluding hydrogens is 322 g/mol. The second kappa shape index (κ2) is 7.27. The highest BCUT2D eigenvalue weighted by Crippen LogP contribution is 2.17. The minimum atomic E-state index is -0.193. The monoisotopic (exact) mass is 341 g/mol. The highest BCUT2D eigenvalue weighted by atomic mass is 32.1. The molecule has 0 radical (unpaired) electrons. The minimum Gasteiger partial charge on any atom is -0.333 e. The summed E-state index contributed by atoms with van der Waals surface area (Å²) in [6.45, 7) is 4.39. The third-order valence-electron chi connectivity index (χ3n) is 3.61. The van der Waals surface area contributed by atoms with Crippen LogP contribution < -0.4 is 10.6 Å². The Hall–Kier alpha value is -2.67. The summed E-state index contributed by atoms with van der Waals surface area (Å²) in [4.78, 5) is 21.3. The lowest BCUT2D eigenvalue weighted by atomic mass is 10.1. The maximum Gasteiger partial charge on any atom is 0.315 e. The molecule has 0 aliphatic rings. The number of carbonyl (C=O) groups is 1. The van der Waals surface area contributed by atoms with E-state index in [9.17, 15) is 4.79 Å². The van der Waals surface area contributed by atoms with Gasteiger partial charge in [0.1, 0.15) is 0 Å². The number of amides is 2. The Morgan fingerprint density at radius 3 is 3.00 bits per heavy atom. The number of benzene rings is 1. The average molecular weight is 341 g/mol. The number of hydrogen-bond donors (Lipinski definition) is 2. The maximum atomic E-state index is 12.1. The number of imidazole rings is 1. The van der Waals surface area contributed by atoms with Gasteiger partial charge in [-0.15, -0.1) is 11.3 Å². The van der Waals surface area contributed by atoms with Crippen LogP contribution in [-0.4, -0.2) is 20.6 Å². The summed E-state index contributed by atoms with van der Waals surface area (Å²) in [5, 5.41) is 6.81. The van der Waals surface area contributed by atoms with Crippen LogP contribution in [0.25, 0.3) is 5.69 Å². The van der Waals surface area contributed by atoms with Crippen LogP contribution in [0.5, 0.6) is 0 Å². The lowest BCUT2D eigenvalue weighted by molar-refractivity contribution is 0.237. The van der Waals surface area contributed by atoms with E-state index in [1.807, 2.05) is 48.9 Å². The third-order valence-corrected chi connectivity index (χ3v) is 4.53. The Morgan fingerprint density at radius 1 is 1.42 bits per heavy atom. The average Bonchev–Trinajstić information content (AvgIpc) is 3.24. The second-order valence-corrected chi connectivity index (χ2v) is 6.78. The number of aryl methyl sites for hydroxylation is 1. The molecule has 1 aromatic carbocycles. The van der Waals surface area contributed by atoms with Crippen molar-refractivity contribution in [1.82, 2.24) is 25.2 Å².